The van der Waals surface area contributed by atoms with E-state index >= 15 is 0 Å². The number of aromatic nitrogens is 2. The molecule has 0 amide bonds. The van der Waals surface area contributed by atoms with Gasteiger partial charge in [0.25, 0.3) is 0 Å². The zero-order valence-corrected chi connectivity index (χ0v) is 10.0. The van der Waals surface area contributed by atoms with Gasteiger partial charge in [0.05, 0.1) is 0 Å². The van der Waals surface area contributed by atoms with Crippen molar-refractivity contribution in [3.05, 3.63) is 22.7 Å². The summed E-state index contributed by atoms with van der Waals surface area (Å²) in [6.07, 6.45) is -6.34. The molecule has 0 bridgehead atoms. The first-order valence-corrected chi connectivity index (χ1v) is 5.49. The SMILES string of the molecule is COC(F)[C@H]1O[C@@H](n2ccc(N)nc2=O)[C@H](O)[C@@H]1O. The lowest BCUT2D eigenvalue weighted by Crippen LogP contribution is -2.38. The Morgan fingerprint density at radius 3 is 2.84 bits per heavy atom. The molecule has 1 aromatic heterocycles. The number of rotatable bonds is 3. The molecule has 19 heavy (non-hydrogen) atoms. The minimum absolute atomic E-state index is 0.00564. The molecular weight excluding hydrogens is 261 g/mol. The Morgan fingerprint density at radius 2 is 2.26 bits per heavy atom. The van der Waals surface area contributed by atoms with Crippen LogP contribution in [-0.4, -0.2) is 51.5 Å². The number of halogens is 1. The van der Waals surface area contributed by atoms with Crippen molar-refractivity contribution >= 4 is 5.82 Å². The van der Waals surface area contributed by atoms with Crippen LogP contribution in [0.25, 0.3) is 0 Å². The van der Waals surface area contributed by atoms with Crippen molar-refractivity contribution < 1.29 is 24.1 Å². The van der Waals surface area contributed by atoms with Crippen molar-refractivity contribution in [2.45, 2.75) is 30.9 Å². The molecule has 1 aliphatic heterocycles. The number of hydrogen-bond acceptors (Lipinski definition) is 7. The fourth-order valence-electron chi connectivity index (χ4n) is 1.89. The van der Waals surface area contributed by atoms with Crippen LogP contribution in [0.4, 0.5) is 10.2 Å². The molecule has 2 heterocycles. The molecule has 4 N–H and O–H groups in total. The van der Waals surface area contributed by atoms with Crippen molar-refractivity contribution in [1.82, 2.24) is 9.55 Å². The Bertz CT molecular complexity index is 510. The molecule has 1 unspecified atom stereocenters. The summed E-state index contributed by atoms with van der Waals surface area (Å²) in [5, 5.41) is 19.5. The van der Waals surface area contributed by atoms with Gasteiger partial charge in [-0.25, -0.2) is 9.18 Å². The molecule has 106 valence electrons. The van der Waals surface area contributed by atoms with Crippen LogP contribution in [0.5, 0.6) is 0 Å². The smallest absolute Gasteiger partial charge is 0.351 e. The van der Waals surface area contributed by atoms with E-state index in [2.05, 4.69) is 9.72 Å². The maximum Gasteiger partial charge on any atom is 0.351 e. The Labute approximate surface area is 107 Å². The van der Waals surface area contributed by atoms with E-state index in [4.69, 9.17) is 10.5 Å². The van der Waals surface area contributed by atoms with E-state index in [-0.39, 0.29) is 5.82 Å². The predicted octanol–water partition coefficient (Wildman–Crippen LogP) is -1.61. The van der Waals surface area contributed by atoms with E-state index in [1.165, 1.54) is 12.3 Å². The van der Waals surface area contributed by atoms with Crippen LogP contribution in [0.2, 0.25) is 0 Å². The summed E-state index contributed by atoms with van der Waals surface area (Å²) in [7, 11) is 1.09. The summed E-state index contributed by atoms with van der Waals surface area (Å²) in [5.74, 6) is 0.00564. The molecule has 0 aliphatic carbocycles. The van der Waals surface area contributed by atoms with Crippen molar-refractivity contribution in [3.8, 4) is 0 Å². The molecule has 2 rings (SSSR count). The van der Waals surface area contributed by atoms with Gasteiger partial charge in [0.1, 0.15) is 24.1 Å². The molecule has 1 aromatic rings. The first-order valence-electron chi connectivity index (χ1n) is 5.49. The van der Waals surface area contributed by atoms with Crippen LogP contribution in [0, 0.1) is 0 Å². The van der Waals surface area contributed by atoms with Crippen molar-refractivity contribution in [3.63, 3.8) is 0 Å². The van der Waals surface area contributed by atoms with E-state index in [0.717, 1.165) is 11.7 Å². The van der Waals surface area contributed by atoms with E-state index in [1.807, 2.05) is 0 Å². The average molecular weight is 275 g/mol. The maximum absolute atomic E-state index is 13.4. The van der Waals surface area contributed by atoms with Gasteiger partial charge < -0.3 is 25.4 Å². The number of aliphatic hydroxyl groups is 2. The highest BCUT2D eigenvalue weighted by molar-refractivity contribution is 5.23. The zero-order valence-electron chi connectivity index (χ0n) is 10.0. The molecule has 1 fully saturated rings. The van der Waals surface area contributed by atoms with Gasteiger partial charge in [-0.15, -0.1) is 0 Å². The number of hydrogen-bond donors (Lipinski definition) is 3. The van der Waals surface area contributed by atoms with Gasteiger partial charge in [-0.1, -0.05) is 0 Å². The first kappa shape index (κ1) is 13.9. The molecule has 9 heteroatoms. The van der Waals surface area contributed by atoms with Crippen LogP contribution in [0.1, 0.15) is 6.23 Å². The molecular formula is C10H14FN3O5. The van der Waals surface area contributed by atoms with Gasteiger partial charge >= 0.3 is 5.69 Å². The highest BCUT2D eigenvalue weighted by Crippen LogP contribution is 2.31. The van der Waals surface area contributed by atoms with Crippen LogP contribution >= 0.6 is 0 Å². The monoisotopic (exact) mass is 275 g/mol. The number of nitrogens with zero attached hydrogens (tertiary/aromatic N) is 2. The maximum atomic E-state index is 13.4. The first-order chi connectivity index (χ1) is 8.95. The second-order valence-electron chi connectivity index (χ2n) is 4.10. The molecule has 0 saturated carbocycles. The van der Waals surface area contributed by atoms with E-state index in [1.54, 1.807) is 0 Å². The second-order valence-corrected chi connectivity index (χ2v) is 4.10. The van der Waals surface area contributed by atoms with E-state index in [0.29, 0.717) is 0 Å². The molecule has 1 saturated heterocycles. The van der Waals surface area contributed by atoms with Gasteiger partial charge in [0.15, 0.2) is 6.23 Å². The third kappa shape index (κ3) is 2.45. The molecule has 8 nitrogen and oxygen atoms in total. The summed E-state index contributed by atoms with van der Waals surface area (Å²) >= 11 is 0. The molecule has 5 atom stereocenters. The normalized spacial score (nSPS) is 32.4. The minimum atomic E-state index is -1.92. The fraction of sp³-hybridized carbons (Fsp3) is 0.600. The highest BCUT2D eigenvalue weighted by Gasteiger charge is 2.48. The van der Waals surface area contributed by atoms with Gasteiger partial charge in [-0.2, -0.15) is 4.98 Å². The third-order valence-electron chi connectivity index (χ3n) is 2.88. The number of methoxy groups -OCH3 is 1. The lowest BCUT2D eigenvalue weighted by Gasteiger charge is -2.17. The van der Waals surface area contributed by atoms with Gasteiger partial charge in [0, 0.05) is 13.3 Å². The second kappa shape index (κ2) is 5.21. The lowest BCUT2D eigenvalue weighted by atomic mass is 10.1. The van der Waals surface area contributed by atoms with E-state index < -0.39 is 36.6 Å². The quantitative estimate of drug-likeness (QED) is 0.606. The Morgan fingerprint density at radius 1 is 1.58 bits per heavy atom. The lowest BCUT2D eigenvalue weighted by molar-refractivity contribution is -0.146. The number of ether oxygens (including phenoxy) is 2. The molecule has 1 aliphatic rings. The molecule has 0 radical (unpaired) electrons. The summed E-state index contributed by atoms with van der Waals surface area (Å²) in [5.41, 5.74) is 4.55. The summed E-state index contributed by atoms with van der Waals surface area (Å²) in [6.45, 7) is 0. The Hall–Kier alpha value is -1.55. The molecule has 0 spiro atoms. The highest BCUT2D eigenvalue weighted by atomic mass is 19.1. The summed E-state index contributed by atoms with van der Waals surface area (Å²) in [6, 6.07) is 1.32. The van der Waals surface area contributed by atoms with E-state index in [9.17, 15) is 19.4 Å². The van der Waals surface area contributed by atoms with Crippen molar-refractivity contribution in [2.24, 2.45) is 0 Å². The summed E-state index contributed by atoms with van der Waals surface area (Å²) in [4.78, 5) is 15.1. The number of alkyl halides is 1. The third-order valence-corrected chi connectivity index (χ3v) is 2.88. The topological polar surface area (TPSA) is 120 Å². The van der Waals surface area contributed by atoms with Crippen molar-refractivity contribution in [2.75, 3.05) is 12.8 Å². The largest absolute Gasteiger partial charge is 0.387 e. The predicted molar refractivity (Wildman–Crippen MR) is 60.7 cm³/mol. The number of nitrogen functional groups attached to an aromatic ring is 1. The summed E-state index contributed by atoms with van der Waals surface area (Å²) < 4.78 is 23.8. The fourth-order valence-corrected chi connectivity index (χ4v) is 1.89. The number of nitrogens with two attached hydrogens (primary N) is 1. The Balaban J connectivity index is 2.29. The van der Waals surface area contributed by atoms with Crippen molar-refractivity contribution in [1.29, 1.82) is 0 Å². The Kier molecular flexibility index (Phi) is 3.80. The van der Waals surface area contributed by atoms with Crippen LogP contribution < -0.4 is 11.4 Å². The van der Waals surface area contributed by atoms with Crippen LogP contribution in [0.15, 0.2) is 17.1 Å². The molecule has 0 aromatic carbocycles. The minimum Gasteiger partial charge on any atom is -0.387 e. The van der Waals surface area contributed by atoms with Gasteiger partial charge in [-0.3, -0.25) is 4.57 Å². The zero-order chi connectivity index (χ0) is 14.2. The number of anilines is 1. The van der Waals surface area contributed by atoms with Crippen LogP contribution in [-0.2, 0) is 9.47 Å². The van der Waals surface area contributed by atoms with Gasteiger partial charge in [0.2, 0.25) is 6.36 Å². The number of aliphatic hydroxyl groups excluding tert-OH is 2. The van der Waals surface area contributed by atoms with Crippen LogP contribution in [0.3, 0.4) is 0 Å². The van der Waals surface area contributed by atoms with Gasteiger partial charge in [-0.05, 0) is 6.07 Å². The average Bonchev–Trinajstić information content (AvgIpc) is 2.66. The standard InChI is InChI=1S/C10H14FN3O5/c1-18-8(11)7-5(15)6(16)9(19-7)14-3-2-4(12)13-10(14)17/h2-3,5-9,15-16H,1H3,(H2,12,13,17)/t5-,6+,7-,8?,9+/m0/s1.